The molecule has 1 heterocycles. The summed E-state index contributed by atoms with van der Waals surface area (Å²) in [6.07, 6.45) is 2.29. The summed E-state index contributed by atoms with van der Waals surface area (Å²) >= 11 is 0. The Morgan fingerprint density at radius 3 is 2.55 bits per heavy atom. The summed E-state index contributed by atoms with van der Waals surface area (Å²) in [4.78, 5) is 12.6. The maximum Gasteiger partial charge on any atom is 0.228 e. The third-order valence-corrected chi connectivity index (χ3v) is 4.24. The van der Waals surface area contributed by atoms with Crippen molar-refractivity contribution in [3.05, 3.63) is 35.9 Å². The van der Waals surface area contributed by atoms with E-state index in [1.54, 1.807) is 0 Å². The van der Waals surface area contributed by atoms with Crippen LogP contribution in [0.3, 0.4) is 0 Å². The molecule has 1 amide bonds. The van der Waals surface area contributed by atoms with Gasteiger partial charge in [0, 0.05) is 19.8 Å². The second-order valence-corrected chi connectivity index (χ2v) is 5.44. The highest BCUT2D eigenvalue weighted by molar-refractivity contribution is 5.83. The van der Waals surface area contributed by atoms with Crippen molar-refractivity contribution in [3.63, 3.8) is 0 Å². The fourth-order valence-corrected chi connectivity index (χ4v) is 2.70. The summed E-state index contributed by atoms with van der Waals surface area (Å²) in [5.41, 5.74) is 6.56. The molecule has 4 nitrogen and oxygen atoms in total. The van der Waals surface area contributed by atoms with Crippen molar-refractivity contribution < 1.29 is 9.53 Å². The minimum atomic E-state index is -0.458. The number of hydrogen-bond acceptors (Lipinski definition) is 3. The second kappa shape index (κ2) is 6.86. The molecule has 1 unspecified atom stereocenters. The zero-order valence-corrected chi connectivity index (χ0v) is 12.1. The number of nitrogens with two attached hydrogens (primary N) is 1. The van der Waals surface area contributed by atoms with Gasteiger partial charge in [-0.2, -0.15) is 0 Å². The van der Waals surface area contributed by atoms with Gasteiger partial charge in [0.15, 0.2) is 0 Å². The molecule has 1 aromatic rings. The van der Waals surface area contributed by atoms with Gasteiger partial charge < -0.3 is 15.8 Å². The first-order chi connectivity index (χ1) is 9.72. The summed E-state index contributed by atoms with van der Waals surface area (Å²) in [6.45, 7) is 3.70. The first-order valence-corrected chi connectivity index (χ1v) is 7.35. The summed E-state index contributed by atoms with van der Waals surface area (Å²) < 4.78 is 5.36. The van der Waals surface area contributed by atoms with Crippen LogP contribution < -0.4 is 11.1 Å². The first kappa shape index (κ1) is 15.0. The number of amides is 1. The van der Waals surface area contributed by atoms with Crippen molar-refractivity contribution in [2.45, 2.75) is 32.2 Å². The number of ether oxygens (including phenoxy) is 1. The normalized spacial score (nSPS) is 19.3. The monoisotopic (exact) mass is 276 g/mol. The van der Waals surface area contributed by atoms with Crippen LogP contribution in [0.4, 0.5) is 0 Å². The van der Waals surface area contributed by atoms with Gasteiger partial charge in [-0.05, 0) is 24.8 Å². The Morgan fingerprint density at radius 1 is 1.35 bits per heavy atom. The Morgan fingerprint density at radius 2 is 2.00 bits per heavy atom. The molecule has 1 atom stereocenters. The SMILES string of the molecule is CCC(NC(=O)C1(CN)CCOCC1)c1ccccc1. The van der Waals surface area contributed by atoms with E-state index in [-0.39, 0.29) is 11.9 Å². The fraction of sp³-hybridized carbons (Fsp3) is 0.562. The molecule has 0 saturated carbocycles. The van der Waals surface area contributed by atoms with E-state index in [9.17, 15) is 4.79 Å². The molecular weight excluding hydrogens is 252 g/mol. The third-order valence-electron chi connectivity index (χ3n) is 4.24. The lowest BCUT2D eigenvalue weighted by Crippen LogP contribution is -2.49. The lowest BCUT2D eigenvalue weighted by molar-refractivity contribution is -0.136. The summed E-state index contributed by atoms with van der Waals surface area (Å²) in [7, 11) is 0. The van der Waals surface area contributed by atoms with E-state index in [1.807, 2.05) is 30.3 Å². The summed E-state index contributed by atoms with van der Waals surface area (Å²) in [6, 6.07) is 10.1. The highest BCUT2D eigenvalue weighted by Gasteiger charge is 2.39. The molecule has 0 spiro atoms. The quantitative estimate of drug-likeness (QED) is 0.864. The van der Waals surface area contributed by atoms with E-state index >= 15 is 0 Å². The molecular formula is C16H24N2O2. The molecule has 4 heteroatoms. The van der Waals surface area contributed by atoms with Crippen LogP contribution in [0.15, 0.2) is 30.3 Å². The predicted molar refractivity (Wildman–Crippen MR) is 79.2 cm³/mol. The van der Waals surface area contributed by atoms with Gasteiger partial charge in [-0.15, -0.1) is 0 Å². The van der Waals surface area contributed by atoms with Crippen LogP contribution in [0.1, 0.15) is 37.8 Å². The van der Waals surface area contributed by atoms with Gasteiger partial charge in [0.2, 0.25) is 5.91 Å². The maximum absolute atomic E-state index is 12.6. The van der Waals surface area contributed by atoms with Crippen LogP contribution in [-0.4, -0.2) is 25.7 Å². The molecule has 2 rings (SSSR count). The molecule has 110 valence electrons. The number of rotatable bonds is 5. The third kappa shape index (κ3) is 3.19. The summed E-state index contributed by atoms with van der Waals surface area (Å²) in [5, 5.41) is 3.17. The molecule has 0 bridgehead atoms. The molecule has 0 aromatic heterocycles. The predicted octanol–water partition coefficient (Wildman–Crippen LogP) is 2.01. The zero-order valence-electron chi connectivity index (χ0n) is 12.1. The van der Waals surface area contributed by atoms with Crippen molar-refractivity contribution >= 4 is 5.91 Å². The molecule has 1 fully saturated rings. The topological polar surface area (TPSA) is 64.4 Å². The Labute approximate surface area is 120 Å². The molecule has 1 aromatic carbocycles. The highest BCUT2D eigenvalue weighted by Crippen LogP contribution is 2.31. The van der Waals surface area contributed by atoms with Crippen LogP contribution in [0.25, 0.3) is 0 Å². The Bertz CT molecular complexity index is 427. The molecule has 20 heavy (non-hydrogen) atoms. The van der Waals surface area contributed by atoms with E-state index in [0.717, 1.165) is 12.0 Å². The number of hydrogen-bond donors (Lipinski definition) is 2. The van der Waals surface area contributed by atoms with Gasteiger partial charge in [0.25, 0.3) is 0 Å². The lowest BCUT2D eigenvalue weighted by atomic mass is 9.79. The van der Waals surface area contributed by atoms with Crippen LogP contribution in [-0.2, 0) is 9.53 Å². The van der Waals surface area contributed by atoms with E-state index in [4.69, 9.17) is 10.5 Å². The molecule has 0 aliphatic carbocycles. The first-order valence-electron chi connectivity index (χ1n) is 7.35. The minimum Gasteiger partial charge on any atom is -0.381 e. The van der Waals surface area contributed by atoms with Gasteiger partial charge in [0.05, 0.1) is 11.5 Å². The van der Waals surface area contributed by atoms with Crippen LogP contribution in [0.2, 0.25) is 0 Å². The van der Waals surface area contributed by atoms with Gasteiger partial charge in [-0.1, -0.05) is 37.3 Å². The van der Waals surface area contributed by atoms with E-state index in [1.165, 1.54) is 0 Å². The largest absolute Gasteiger partial charge is 0.381 e. The van der Waals surface area contributed by atoms with Gasteiger partial charge >= 0.3 is 0 Å². The van der Waals surface area contributed by atoms with Gasteiger partial charge in [-0.3, -0.25) is 4.79 Å². The Kier molecular flexibility index (Phi) is 5.15. The fourth-order valence-electron chi connectivity index (χ4n) is 2.70. The smallest absolute Gasteiger partial charge is 0.228 e. The molecule has 1 aliphatic rings. The number of carbonyl (C=O) groups is 1. The second-order valence-electron chi connectivity index (χ2n) is 5.44. The zero-order chi connectivity index (χ0) is 14.4. The van der Waals surface area contributed by atoms with Crippen molar-refractivity contribution in [1.29, 1.82) is 0 Å². The van der Waals surface area contributed by atoms with Crippen molar-refractivity contribution in [2.24, 2.45) is 11.1 Å². The van der Waals surface area contributed by atoms with Crippen molar-refractivity contribution in [1.82, 2.24) is 5.32 Å². The van der Waals surface area contributed by atoms with Crippen LogP contribution >= 0.6 is 0 Å². The van der Waals surface area contributed by atoms with Crippen LogP contribution in [0, 0.1) is 5.41 Å². The molecule has 1 saturated heterocycles. The average Bonchev–Trinajstić information content (AvgIpc) is 2.53. The van der Waals surface area contributed by atoms with E-state index in [2.05, 4.69) is 12.2 Å². The number of carbonyl (C=O) groups excluding carboxylic acids is 1. The highest BCUT2D eigenvalue weighted by atomic mass is 16.5. The standard InChI is InChI=1S/C16H24N2O2/c1-2-14(13-6-4-3-5-7-13)18-15(19)16(12-17)8-10-20-11-9-16/h3-7,14H,2,8-12,17H2,1H3,(H,18,19). The average molecular weight is 276 g/mol. The minimum absolute atomic E-state index is 0.0509. The number of benzene rings is 1. The van der Waals surface area contributed by atoms with E-state index in [0.29, 0.717) is 32.6 Å². The van der Waals surface area contributed by atoms with Crippen molar-refractivity contribution in [3.8, 4) is 0 Å². The Hall–Kier alpha value is -1.39. The molecule has 1 aliphatic heterocycles. The number of nitrogens with one attached hydrogen (secondary N) is 1. The van der Waals surface area contributed by atoms with Crippen LogP contribution in [0.5, 0.6) is 0 Å². The van der Waals surface area contributed by atoms with Gasteiger partial charge in [0.1, 0.15) is 0 Å². The Balaban J connectivity index is 2.08. The summed E-state index contributed by atoms with van der Waals surface area (Å²) in [5.74, 6) is 0.0685. The molecule has 0 radical (unpaired) electrons. The lowest BCUT2D eigenvalue weighted by Gasteiger charge is -2.36. The molecule has 3 N–H and O–H groups in total. The van der Waals surface area contributed by atoms with E-state index < -0.39 is 5.41 Å². The van der Waals surface area contributed by atoms with Gasteiger partial charge in [-0.25, -0.2) is 0 Å². The maximum atomic E-state index is 12.6. The van der Waals surface area contributed by atoms with Crippen molar-refractivity contribution in [2.75, 3.05) is 19.8 Å².